The predicted molar refractivity (Wildman–Crippen MR) is 58.4 cm³/mol. The van der Waals surface area contributed by atoms with Crippen molar-refractivity contribution in [2.45, 2.75) is 20.8 Å². The number of hydrogen-bond donors (Lipinski definition) is 0. The second kappa shape index (κ2) is 3.92. The Balaban J connectivity index is 2.61. The molecule has 0 unspecified atom stereocenters. The van der Waals surface area contributed by atoms with Crippen LogP contribution in [-0.4, -0.2) is 27.2 Å². The molecule has 0 aliphatic rings. The van der Waals surface area contributed by atoms with E-state index in [0.29, 0.717) is 12.2 Å². The molecule has 0 aliphatic carbocycles. The number of aryl methyl sites for hydroxylation is 2. The van der Waals surface area contributed by atoms with Gasteiger partial charge in [-0.2, -0.15) is 5.10 Å². The van der Waals surface area contributed by atoms with Crippen LogP contribution in [0.25, 0.3) is 5.52 Å². The summed E-state index contributed by atoms with van der Waals surface area (Å²) < 4.78 is 6.63. The molecule has 0 bridgehead atoms. The lowest BCUT2D eigenvalue weighted by Gasteiger charge is -1.99. The normalized spacial score (nSPS) is 10.7. The van der Waals surface area contributed by atoms with E-state index in [1.165, 1.54) is 6.33 Å². The third-order valence-corrected chi connectivity index (χ3v) is 2.51. The number of fused-ring (bicyclic) bond motifs is 1. The molecule has 2 heterocycles. The van der Waals surface area contributed by atoms with E-state index in [0.717, 1.165) is 16.8 Å². The summed E-state index contributed by atoms with van der Waals surface area (Å²) in [6, 6.07) is 0. The van der Waals surface area contributed by atoms with Gasteiger partial charge in [0.2, 0.25) is 0 Å². The van der Waals surface area contributed by atoms with Gasteiger partial charge in [-0.25, -0.2) is 14.3 Å². The van der Waals surface area contributed by atoms with Gasteiger partial charge in [-0.15, -0.1) is 0 Å². The SMILES string of the molecule is CCOC(=O)c1cn2ncnc(C)c2c1C. The molecule has 0 saturated carbocycles. The van der Waals surface area contributed by atoms with Crippen LogP contribution in [0, 0.1) is 13.8 Å². The Hall–Kier alpha value is -1.91. The predicted octanol–water partition coefficient (Wildman–Crippen LogP) is 1.52. The molecular formula is C11H13N3O2. The van der Waals surface area contributed by atoms with Crippen LogP contribution < -0.4 is 0 Å². The van der Waals surface area contributed by atoms with Crippen molar-refractivity contribution in [3.05, 3.63) is 29.3 Å². The van der Waals surface area contributed by atoms with Crippen LogP contribution in [0.5, 0.6) is 0 Å². The van der Waals surface area contributed by atoms with Crippen molar-refractivity contribution < 1.29 is 9.53 Å². The first kappa shape index (κ1) is 10.6. The monoisotopic (exact) mass is 219 g/mol. The summed E-state index contributed by atoms with van der Waals surface area (Å²) in [5.74, 6) is -0.315. The van der Waals surface area contributed by atoms with Crippen LogP contribution in [0.2, 0.25) is 0 Å². The summed E-state index contributed by atoms with van der Waals surface area (Å²) in [5, 5.41) is 4.06. The molecular weight excluding hydrogens is 206 g/mol. The van der Waals surface area contributed by atoms with Gasteiger partial charge in [-0.1, -0.05) is 0 Å². The van der Waals surface area contributed by atoms with Crippen molar-refractivity contribution in [3.63, 3.8) is 0 Å². The molecule has 5 nitrogen and oxygen atoms in total. The standard InChI is InChI=1S/C11H13N3O2/c1-4-16-11(15)9-5-14-10(7(9)2)8(3)12-6-13-14/h5-6H,4H2,1-3H3. The van der Waals surface area contributed by atoms with Gasteiger partial charge in [-0.3, -0.25) is 0 Å². The van der Waals surface area contributed by atoms with E-state index in [1.807, 2.05) is 13.8 Å². The van der Waals surface area contributed by atoms with Gasteiger partial charge in [-0.05, 0) is 26.3 Å². The molecule has 0 atom stereocenters. The molecule has 84 valence electrons. The van der Waals surface area contributed by atoms with Crippen molar-refractivity contribution in [3.8, 4) is 0 Å². The lowest BCUT2D eigenvalue weighted by molar-refractivity contribution is 0.0525. The molecule has 0 amide bonds. The van der Waals surface area contributed by atoms with Crippen LogP contribution in [0.1, 0.15) is 28.5 Å². The number of aromatic nitrogens is 3. The number of esters is 1. The molecule has 2 rings (SSSR count). The van der Waals surface area contributed by atoms with Gasteiger partial charge >= 0.3 is 5.97 Å². The second-order valence-corrected chi connectivity index (χ2v) is 3.53. The molecule has 0 saturated heterocycles. The first-order valence-corrected chi connectivity index (χ1v) is 5.11. The fourth-order valence-electron chi connectivity index (χ4n) is 1.76. The van der Waals surface area contributed by atoms with Crippen LogP contribution in [0.4, 0.5) is 0 Å². The van der Waals surface area contributed by atoms with Crippen molar-refractivity contribution in [1.29, 1.82) is 0 Å². The summed E-state index contributed by atoms with van der Waals surface area (Å²) in [6.45, 7) is 5.92. The van der Waals surface area contributed by atoms with Gasteiger partial charge in [0.25, 0.3) is 0 Å². The highest BCUT2D eigenvalue weighted by atomic mass is 16.5. The Morgan fingerprint density at radius 3 is 2.88 bits per heavy atom. The lowest BCUT2D eigenvalue weighted by atomic mass is 10.2. The molecule has 0 N–H and O–H groups in total. The maximum absolute atomic E-state index is 11.7. The van der Waals surface area contributed by atoms with Gasteiger partial charge in [0.05, 0.1) is 23.4 Å². The van der Waals surface area contributed by atoms with Crippen molar-refractivity contribution >= 4 is 11.5 Å². The van der Waals surface area contributed by atoms with Crippen molar-refractivity contribution in [2.75, 3.05) is 6.61 Å². The van der Waals surface area contributed by atoms with E-state index in [-0.39, 0.29) is 5.97 Å². The van der Waals surface area contributed by atoms with Crippen LogP contribution in [0.3, 0.4) is 0 Å². The minimum atomic E-state index is -0.315. The number of rotatable bonds is 2. The topological polar surface area (TPSA) is 56.5 Å². The smallest absolute Gasteiger partial charge is 0.340 e. The molecule has 0 spiro atoms. The Labute approximate surface area is 93.1 Å². The summed E-state index contributed by atoms with van der Waals surface area (Å²) in [5.41, 5.74) is 3.12. The number of hydrogen-bond acceptors (Lipinski definition) is 4. The molecule has 2 aromatic rings. The minimum absolute atomic E-state index is 0.315. The minimum Gasteiger partial charge on any atom is -0.462 e. The van der Waals surface area contributed by atoms with Gasteiger partial charge < -0.3 is 4.74 Å². The molecule has 0 fully saturated rings. The Bertz CT molecular complexity index is 545. The summed E-state index contributed by atoms with van der Waals surface area (Å²) in [7, 11) is 0. The largest absolute Gasteiger partial charge is 0.462 e. The highest BCUT2D eigenvalue weighted by molar-refractivity contribution is 5.93. The van der Waals surface area contributed by atoms with Crippen LogP contribution in [0.15, 0.2) is 12.5 Å². The third kappa shape index (κ3) is 1.54. The van der Waals surface area contributed by atoms with Gasteiger partial charge in [0, 0.05) is 6.20 Å². The number of carbonyl (C=O) groups excluding carboxylic acids is 1. The third-order valence-electron chi connectivity index (χ3n) is 2.51. The first-order chi connectivity index (χ1) is 7.65. The van der Waals surface area contributed by atoms with Gasteiger partial charge in [0.1, 0.15) is 6.33 Å². The van der Waals surface area contributed by atoms with E-state index in [4.69, 9.17) is 4.74 Å². The molecule has 5 heteroatoms. The van der Waals surface area contributed by atoms with E-state index in [9.17, 15) is 4.79 Å². The molecule has 0 aromatic carbocycles. The highest BCUT2D eigenvalue weighted by Crippen LogP contribution is 2.19. The van der Waals surface area contributed by atoms with E-state index >= 15 is 0 Å². The van der Waals surface area contributed by atoms with E-state index in [1.54, 1.807) is 17.6 Å². The quantitative estimate of drug-likeness (QED) is 0.718. The van der Waals surface area contributed by atoms with Crippen LogP contribution >= 0.6 is 0 Å². The van der Waals surface area contributed by atoms with Crippen molar-refractivity contribution in [2.24, 2.45) is 0 Å². The number of ether oxygens (including phenoxy) is 1. The fraction of sp³-hybridized carbons (Fsp3) is 0.364. The van der Waals surface area contributed by atoms with Crippen molar-refractivity contribution in [1.82, 2.24) is 14.6 Å². The Morgan fingerprint density at radius 2 is 2.25 bits per heavy atom. The van der Waals surface area contributed by atoms with E-state index in [2.05, 4.69) is 10.1 Å². The zero-order valence-electron chi connectivity index (χ0n) is 9.52. The molecule has 0 aliphatic heterocycles. The average molecular weight is 219 g/mol. The maximum atomic E-state index is 11.7. The number of nitrogens with zero attached hydrogens (tertiary/aromatic N) is 3. The zero-order valence-corrected chi connectivity index (χ0v) is 9.52. The van der Waals surface area contributed by atoms with Gasteiger partial charge in [0.15, 0.2) is 0 Å². The zero-order chi connectivity index (χ0) is 11.7. The Kier molecular flexibility index (Phi) is 2.60. The van der Waals surface area contributed by atoms with Crippen LogP contribution in [-0.2, 0) is 4.74 Å². The molecule has 2 aromatic heterocycles. The summed E-state index contributed by atoms with van der Waals surface area (Å²) >= 11 is 0. The second-order valence-electron chi connectivity index (χ2n) is 3.53. The summed E-state index contributed by atoms with van der Waals surface area (Å²) in [4.78, 5) is 15.8. The highest BCUT2D eigenvalue weighted by Gasteiger charge is 2.16. The summed E-state index contributed by atoms with van der Waals surface area (Å²) in [6.07, 6.45) is 3.15. The average Bonchev–Trinajstić information content (AvgIpc) is 2.58. The first-order valence-electron chi connectivity index (χ1n) is 5.11. The number of carbonyl (C=O) groups is 1. The lowest BCUT2D eigenvalue weighted by Crippen LogP contribution is -2.04. The maximum Gasteiger partial charge on any atom is 0.340 e. The molecule has 16 heavy (non-hydrogen) atoms. The fourth-order valence-corrected chi connectivity index (χ4v) is 1.76. The van der Waals surface area contributed by atoms with E-state index < -0.39 is 0 Å². The Morgan fingerprint density at radius 1 is 1.50 bits per heavy atom. The molecule has 0 radical (unpaired) electrons.